The first-order chi connectivity index (χ1) is 9.68. The topological polar surface area (TPSA) is 41.5 Å². The molecule has 0 radical (unpaired) electrons. The van der Waals surface area contributed by atoms with Crippen molar-refractivity contribution in [2.75, 3.05) is 19.8 Å². The van der Waals surface area contributed by atoms with Crippen LogP contribution >= 0.6 is 0 Å². The molecule has 0 saturated carbocycles. The summed E-state index contributed by atoms with van der Waals surface area (Å²) in [6.45, 7) is 7.97. The van der Waals surface area contributed by atoms with Crippen LogP contribution in [-0.2, 0) is 10.3 Å². The lowest BCUT2D eigenvalue weighted by atomic mass is 9.87. The molecular weight excluding hydrogens is 250 g/mol. The quantitative estimate of drug-likeness (QED) is 0.691. The fourth-order valence-electron chi connectivity index (χ4n) is 2.23. The second-order valence-electron chi connectivity index (χ2n) is 5.37. The van der Waals surface area contributed by atoms with Crippen LogP contribution in [0.15, 0.2) is 30.3 Å². The Balaban J connectivity index is 2.77. The van der Waals surface area contributed by atoms with Crippen LogP contribution in [0.4, 0.5) is 0 Å². The molecule has 0 spiro atoms. The van der Waals surface area contributed by atoms with E-state index in [1.807, 2.05) is 18.2 Å². The van der Waals surface area contributed by atoms with Gasteiger partial charge in [-0.15, -0.1) is 0 Å². The predicted molar refractivity (Wildman–Crippen MR) is 83.8 cm³/mol. The second-order valence-corrected chi connectivity index (χ2v) is 5.37. The predicted octanol–water partition coefficient (Wildman–Crippen LogP) is 3.08. The number of aliphatic hydroxyl groups is 1. The summed E-state index contributed by atoms with van der Waals surface area (Å²) in [6.07, 6.45) is 3.10. The molecule has 0 heterocycles. The summed E-state index contributed by atoms with van der Waals surface area (Å²) in [6, 6.07) is 10.2. The van der Waals surface area contributed by atoms with E-state index >= 15 is 0 Å². The zero-order valence-electron chi connectivity index (χ0n) is 13.1. The first-order valence-corrected chi connectivity index (χ1v) is 7.71. The summed E-state index contributed by atoms with van der Waals surface area (Å²) in [4.78, 5) is 0. The summed E-state index contributed by atoms with van der Waals surface area (Å²) in [5, 5.41) is 13.5. The summed E-state index contributed by atoms with van der Waals surface area (Å²) < 4.78 is 5.80. The van der Waals surface area contributed by atoms with Gasteiger partial charge in [-0.3, -0.25) is 0 Å². The summed E-state index contributed by atoms with van der Waals surface area (Å²) in [5.41, 5.74) is 0.730. The van der Waals surface area contributed by atoms with Gasteiger partial charge in [0, 0.05) is 6.61 Å². The van der Waals surface area contributed by atoms with Gasteiger partial charge in [-0.05, 0) is 38.3 Å². The second kappa shape index (κ2) is 9.11. The fourth-order valence-corrected chi connectivity index (χ4v) is 2.23. The number of hydrogen-bond acceptors (Lipinski definition) is 3. The van der Waals surface area contributed by atoms with Crippen LogP contribution in [0.3, 0.4) is 0 Å². The van der Waals surface area contributed by atoms with E-state index in [0.717, 1.165) is 31.4 Å². The van der Waals surface area contributed by atoms with Crippen LogP contribution < -0.4 is 5.32 Å². The minimum atomic E-state index is -0.398. The molecular formula is C17H29NO2. The molecule has 0 saturated heterocycles. The zero-order chi connectivity index (χ0) is 14.8. The number of rotatable bonds is 10. The van der Waals surface area contributed by atoms with Gasteiger partial charge in [0.2, 0.25) is 0 Å². The molecule has 3 nitrogen and oxygen atoms in total. The highest BCUT2D eigenvalue weighted by Gasteiger charge is 2.30. The normalized spacial score (nSPS) is 15.8. The Labute approximate surface area is 123 Å². The van der Waals surface area contributed by atoms with E-state index in [-0.39, 0.29) is 12.7 Å². The Hall–Kier alpha value is -0.900. The van der Waals surface area contributed by atoms with E-state index in [0.29, 0.717) is 6.61 Å². The van der Waals surface area contributed by atoms with Crippen LogP contribution in [0.1, 0.15) is 45.6 Å². The van der Waals surface area contributed by atoms with Crippen LogP contribution in [-0.4, -0.2) is 31.0 Å². The number of hydrogen-bond donors (Lipinski definition) is 2. The molecule has 0 aliphatic heterocycles. The fraction of sp³-hybridized carbons (Fsp3) is 0.647. The highest BCUT2D eigenvalue weighted by atomic mass is 16.5. The lowest BCUT2D eigenvalue weighted by Gasteiger charge is -2.34. The van der Waals surface area contributed by atoms with E-state index in [1.54, 1.807) is 0 Å². The van der Waals surface area contributed by atoms with Crippen LogP contribution in [0.2, 0.25) is 0 Å². The first kappa shape index (κ1) is 17.2. The molecule has 0 fully saturated rings. The molecule has 0 amide bonds. The highest BCUT2D eigenvalue weighted by molar-refractivity contribution is 5.24. The average molecular weight is 279 g/mol. The maximum atomic E-state index is 9.96. The van der Waals surface area contributed by atoms with Gasteiger partial charge in [0.25, 0.3) is 0 Å². The zero-order valence-corrected chi connectivity index (χ0v) is 13.1. The Morgan fingerprint density at radius 2 is 1.95 bits per heavy atom. The van der Waals surface area contributed by atoms with Gasteiger partial charge < -0.3 is 15.2 Å². The molecule has 0 bridgehead atoms. The number of nitrogens with one attached hydrogen (secondary N) is 1. The van der Waals surface area contributed by atoms with Gasteiger partial charge in [-0.25, -0.2) is 0 Å². The van der Waals surface area contributed by atoms with Crippen molar-refractivity contribution in [2.45, 2.75) is 51.7 Å². The van der Waals surface area contributed by atoms with Crippen molar-refractivity contribution in [3.8, 4) is 0 Å². The third-order valence-corrected chi connectivity index (χ3v) is 3.82. The summed E-state index contributed by atoms with van der Waals surface area (Å²) >= 11 is 0. The van der Waals surface area contributed by atoms with Gasteiger partial charge in [0.1, 0.15) is 0 Å². The first-order valence-electron chi connectivity index (χ1n) is 7.71. The SMILES string of the molecule is CCCNC(CO)(CCOC(C)CC)c1ccccc1. The Morgan fingerprint density at radius 1 is 1.25 bits per heavy atom. The Kier molecular flexibility index (Phi) is 7.82. The largest absolute Gasteiger partial charge is 0.394 e. The van der Waals surface area contributed by atoms with Crippen molar-refractivity contribution in [3.05, 3.63) is 35.9 Å². The minimum Gasteiger partial charge on any atom is -0.394 e. The molecule has 20 heavy (non-hydrogen) atoms. The van der Waals surface area contributed by atoms with E-state index < -0.39 is 5.54 Å². The van der Waals surface area contributed by atoms with Crippen molar-refractivity contribution in [1.29, 1.82) is 0 Å². The molecule has 1 aromatic carbocycles. The number of ether oxygens (including phenoxy) is 1. The third-order valence-electron chi connectivity index (χ3n) is 3.82. The maximum Gasteiger partial charge on any atom is 0.0691 e. The van der Waals surface area contributed by atoms with Gasteiger partial charge >= 0.3 is 0 Å². The molecule has 0 aromatic heterocycles. The highest BCUT2D eigenvalue weighted by Crippen LogP contribution is 2.25. The van der Waals surface area contributed by atoms with Gasteiger partial charge in [-0.2, -0.15) is 0 Å². The lowest BCUT2D eigenvalue weighted by molar-refractivity contribution is 0.0343. The van der Waals surface area contributed by atoms with E-state index in [4.69, 9.17) is 4.74 Å². The summed E-state index contributed by atoms with van der Waals surface area (Å²) in [5.74, 6) is 0. The molecule has 1 aromatic rings. The maximum absolute atomic E-state index is 9.96. The van der Waals surface area contributed by atoms with Crippen molar-refractivity contribution in [1.82, 2.24) is 5.32 Å². The van der Waals surface area contributed by atoms with E-state index in [1.165, 1.54) is 0 Å². The Morgan fingerprint density at radius 3 is 2.50 bits per heavy atom. The molecule has 1 rings (SSSR count). The van der Waals surface area contributed by atoms with E-state index in [9.17, 15) is 5.11 Å². The van der Waals surface area contributed by atoms with Crippen LogP contribution in [0, 0.1) is 0 Å². The average Bonchev–Trinajstić information content (AvgIpc) is 2.51. The molecule has 114 valence electrons. The molecule has 0 aliphatic carbocycles. The van der Waals surface area contributed by atoms with Crippen molar-refractivity contribution in [3.63, 3.8) is 0 Å². The van der Waals surface area contributed by atoms with Crippen molar-refractivity contribution in [2.24, 2.45) is 0 Å². The third kappa shape index (κ3) is 4.89. The molecule has 2 atom stereocenters. The van der Waals surface area contributed by atoms with Crippen molar-refractivity contribution < 1.29 is 9.84 Å². The minimum absolute atomic E-state index is 0.0842. The van der Waals surface area contributed by atoms with Crippen LogP contribution in [0.5, 0.6) is 0 Å². The van der Waals surface area contributed by atoms with E-state index in [2.05, 4.69) is 38.2 Å². The van der Waals surface area contributed by atoms with Crippen LogP contribution in [0.25, 0.3) is 0 Å². The smallest absolute Gasteiger partial charge is 0.0691 e. The molecule has 3 heteroatoms. The van der Waals surface area contributed by atoms with Gasteiger partial charge in [-0.1, -0.05) is 44.2 Å². The molecule has 2 N–H and O–H groups in total. The molecule has 0 aliphatic rings. The lowest BCUT2D eigenvalue weighted by Crippen LogP contribution is -2.47. The Bertz CT molecular complexity index is 355. The van der Waals surface area contributed by atoms with Crippen molar-refractivity contribution >= 4 is 0 Å². The monoisotopic (exact) mass is 279 g/mol. The number of benzene rings is 1. The molecule has 2 unspecified atom stereocenters. The van der Waals surface area contributed by atoms with Gasteiger partial charge in [0.15, 0.2) is 0 Å². The standard InChI is InChI=1S/C17H29NO2/c1-4-12-18-17(14-19,11-13-20-15(3)5-2)16-9-7-6-8-10-16/h6-10,15,18-19H,4-5,11-14H2,1-3H3. The summed E-state index contributed by atoms with van der Waals surface area (Å²) in [7, 11) is 0. The van der Waals surface area contributed by atoms with Gasteiger partial charge in [0.05, 0.1) is 18.2 Å². The number of aliphatic hydroxyl groups excluding tert-OH is 1.